The van der Waals surface area contributed by atoms with Gasteiger partial charge in [0.1, 0.15) is 0 Å². The molecule has 0 aliphatic rings. The van der Waals surface area contributed by atoms with Crippen molar-refractivity contribution >= 4 is 24.1 Å². The van der Waals surface area contributed by atoms with Gasteiger partial charge in [-0.3, -0.25) is 10.1 Å². The Hall–Kier alpha value is -2.76. The molecule has 0 radical (unpaired) electrons. The highest BCUT2D eigenvalue weighted by Crippen LogP contribution is 2.15. The van der Waals surface area contributed by atoms with Gasteiger partial charge in [0.15, 0.2) is 0 Å². The van der Waals surface area contributed by atoms with E-state index in [0.717, 1.165) is 5.56 Å². The van der Waals surface area contributed by atoms with E-state index in [4.69, 9.17) is 0 Å². The number of carbonyl (C=O) groups excluding carboxylic acids is 1. The zero-order valence-electron chi connectivity index (χ0n) is 12.0. The second-order valence-electron chi connectivity index (χ2n) is 4.76. The highest BCUT2D eigenvalue weighted by molar-refractivity contribution is 6.00. The smallest absolute Gasteiger partial charge is 0.270 e. The number of nitrogens with one attached hydrogen (secondary N) is 1. The van der Waals surface area contributed by atoms with Crippen molar-refractivity contribution in [3.05, 3.63) is 48.0 Å². The minimum absolute atomic E-state index is 0.139. The fraction of sp³-hybridized carbons (Fsp3) is 0.200. The molecule has 0 aliphatic carbocycles. The third-order valence-electron chi connectivity index (χ3n) is 2.86. The number of benzene rings is 1. The van der Waals surface area contributed by atoms with Gasteiger partial charge in [0.25, 0.3) is 11.9 Å². The van der Waals surface area contributed by atoms with Crippen molar-refractivity contribution in [1.29, 1.82) is 0 Å². The van der Waals surface area contributed by atoms with Gasteiger partial charge in [0, 0.05) is 12.3 Å². The summed E-state index contributed by atoms with van der Waals surface area (Å²) < 4.78 is 0. The lowest BCUT2D eigenvalue weighted by molar-refractivity contribution is -0.111. The van der Waals surface area contributed by atoms with Crippen LogP contribution < -0.4 is 5.32 Å². The van der Waals surface area contributed by atoms with Crippen LogP contribution in [0.1, 0.15) is 30.9 Å². The number of aromatic nitrogens is 4. The summed E-state index contributed by atoms with van der Waals surface area (Å²) in [6.07, 6.45) is 4.55. The Labute approximate surface area is 123 Å². The Morgan fingerprint density at radius 1 is 1.33 bits per heavy atom. The maximum absolute atomic E-state index is 11.7. The SMILES string of the molecule is C=Cn1nnc(NC(=O)/C=C/c2ccc(C(C)C)cc2)n1. The lowest BCUT2D eigenvalue weighted by atomic mass is 10.0. The minimum atomic E-state index is -0.313. The fourth-order valence-corrected chi connectivity index (χ4v) is 1.67. The molecule has 1 aromatic heterocycles. The molecule has 0 aliphatic heterocycles. The number of hydrogen-bond donors (Lipinski definition) is 1. The van der Waals surface area contributed by atoms with E-state index in [0.29, 0.717) is 5.92 Å². The van der Waals surface area contributed by atoms with Crippen LogP contribution in [0.3, 0.4) is 0 Å². The summed E-state index contributed by atoms with van der Waals surface area (Å²) in [5.74, 6) is 0.316. The molecule has 0 fully saturated rings. The summed E-state index contributed by atoms with van der Waals surface area (Å²) in [6.45, 7) is 7.77. The van der Waals surface area contributed by atoms with Crippen molar-refractivity contribution in [3.8, 4) is 0 Å². The topological polar surface area (TPSA) is 72.7 Å². The number of anilines is 1. The minimum Gasteiger partial charge on any atom is -0.288 e. The molecule has 0 atom stereocenters. The van der Waals surface area contributed by atoms with E-state index in [-0.39, 0.29) is 11.9 Å². The predicted molar refractivity (Wildman–Crippen MR) is 82.4 cm³/mol. The van der Waals surface area contributed by atoms with E-state index >= 15 is 0 Å². The van der Waals surface area contributed by atoms with Crippen molar-refractivity contribution in [2.24, 2.45) is 0 Å². The summed E-state index contributed by atoms with van der Waals surface area (Å²) in [6, 6.07) is 8.07. The lowest BCUT2D eigenvalue weighted by Crippen LogP contribution is -2.09. The number of amides is 1. The zero-order valence-corrected chi connectivity index (χ0v) is 12.0. The monoisotopic (exact) mass is 283 g/mol. The van der Waals surface area contributed by atoms with Gasteiger partial charge >= 0.3 is 0 Å². The standard InChI is InChI=1S/C15H17N5O/c1-4-20-18-15(17-19-20)16-14(21)10-7-12-5-8-13(9-6-12)11(2)3/h4-11H,1H2,2-3H3,(H,16,18,21)/b10-7+. The van der Waals surface area contributed by atoms with Crippen LogP contribution in [0.15, 0.2) is 36.9 Å². The third kappa shape index (κ3) is 4.10. The molecule has 108 valence electrons. The normalized spacial score (nSPS) is 11.0. The molecular formula is C15H17N5O. The van der Waals surface area contributed by atoms with Crippen LogP contribution in [0.25, 0.3) is 12.3 Å². The Kier molecular flexibility index (Phi) is 4.61. The quantitative estimate of drug-likeness (QED) is 0.856. The van der Waals surface area contributed by atoms with Crippen molar-refractivity contribution < 1.29 is 4.79 Å². The number of rotatable bonds is 5. The Balaban J connectivity index is 1.96. The molecule has 2 rings (SSSR count). The van der Waals surface area contributed by atoms with Crippen LogP contribution in [0.4, 0.5) is 5.95 Å². The highest BCUT2D eigenvalue weighted by Gasteiger charge is 2.03. The van der Waals surface area contributed by atoms with E-state index in [1.54, 1.807) is 6.08 Å². The molecule has 2 aromatic rings. The average molecular weight is 283 g/mol. The van der Waals surface area contributed by atoms with E-state index in [1.165, 1.54) is 22.6 Å². The predicted octanol–water partition coefficient (Wildman–Crippen LogP) is 2.55. The first kappa shape index (κ1) is 14.6. The van der Waals surface area contributed by atoms with E-state index in [9.17, 15) is 4.79 Å². The molecular weight excluding hydrogens is 266 g/mol. The van der Waals surface area contributed by atoms with E-state index in [2.05, 4.69) is 53.3 Å². The molecule has 21 heavy (non-hydrogen) atoms. The van der Waals surface area contributed by atoms with Crippen molar-refractivity contribution in [3.63, 3.8) is 0 Å². The second kappa shape index (κ2) is 6.60. The number of carbonyl (C=O) groups is 1. The maximum atomic E-state index is 11.7. The first-order valence-electron chi connectivity index (χ1n) is 6.59. The Bertz CT molecular complexity index is 655. The Morgan fingerprint density at radius 3 is 2.62 bits per heavy atom. The second-order valence-corrected chi connectivity index (χ2v) is 4.76. The van der Waals surface area contributed by atoms with Crippen molar-refractivity contribution in [1.82, 2.24) is 20.2 Å². The largest absolute Gasteiger partial charge is 0.288 e. The molecule has 0 unspecified atom stereocenters. The fourth-order valence-electron chi connectivity index (χ4n) is 1.67. The van der Waals surface area contributed by atoms with Gasteiger partial charge in [0.05, 0.1) is 0 Å². The molecule has 1 N–H and O–H groups in total. The lowest BCUT2D eigenvalue weighted by Gasteiger charge is -2.04. The van der Waals surface area contributed by atoms with Crippen LogP contribution in [0.2, 0.25) is 0 Å². The van der Waals surface area contributed by atoms with Crippen molar-refractivity contribution in [2.45, 2.75) is 19.8 Å². The maximum Gasteiger partial charge on any atom is 0.270 e. The van der Waals surface area contributed by atoms with Crippen LogP contribution in [0, 0.1) is 0 Å². The summed E-state index contributed by atoms with van der Waals surface area (Å²) in [5, 5.41) is 13.7. The van der Waals surface area contributed by atoms with E-state index < -0.39 is 0 Å². The zero-order chi connectivity index (χ0) is 15.2. The highest BCUT2D eigenvalue weighted by atomic mass is 16.1. The molecule has 0 spiro atoms. The molecule has 0 saturated heterocycles. The summed E-state index contributed by atoms with van der Waals surface area (Å²) >= 11 is 0. The van der Waals surface area contributed by atoms with Gasteiger partial charge in [-0.1, -0.05) is 49.8 Å². The first-order chi connectivity index (χ1) is 10.1. The van der Waals surface area contributed by atoms with Crippen LogP contribution in [-0.2, 0) is 4.79 Å². The summed E-state index contributed by atoms with van der Waals surface area (Å²) in [4.78, 5) is 12.9. The Morgan fingerprint density at radius 2 is 2.05 bits per heavy atom. The third-order valence-corrected chi connectivity index (χ3v) is 2.86. The van der Waals surface area contributed by atoms with Gasteiger partial charge in [0.2, 0.25) is 0 Å². The van der Waals surface area contributed by atoms with Gasteiger partial charge in [-0.05, 0) is 28.3 Å². The van der Waals surface area contributed by atoms with Gasteiger partial charge in [-0.15, -0.1) is 9.90 Å². The molecule has 1 heterocycles. The molecule has 0 bridgehead atoms. The summed E-state index contributed by atoms with van der Waals surface area (Å²) in [7, 11) is 0. The molecule has 6 nitrogen and oxygen atoms in total. The van der Waals surface area contributed by atoms with E-state index in [1.807, 2.05) is 12.1 Å². The first-order valence-corrected chi connectivity index (χ1v) is 6.59. The van der Waals surface area contributed by atoms with Gasteiger partial charge < -0.3 is 0 Å². The molecule has 6 heteroatoms. The van der Waals surface area contributed by atoms with Crippen LogP contribution >= 0.6 is 0 Å². The average Bonchev–Trinajstić information content (AvgIpc) is 2.93. The molecule has 1 amide bonds. The molecule has 1 aromatic carbocycles. The number of tetrazole rings is 1. The van der Waals surface area contributed by atoms with Crippen LogP contribution in [0.5, 0.6) is 0 Å². The van der Waals surface area contributed by atoms with Crippen molar-refractivity contribution in [2.75, 3.05) is 5.32 Å². The number of nitrogens with zero attached hydrogens (tertiary/aromatic N) is 4. The van der Waals surface area contributed by atoms with Gasteiger partial charge in [-0.25, -0.2) is 0 Å². The summed E-state index contributed by atoms with van der Waals surface area (Å²) in [5.41, 5.74) is 2.22. The van der Waals surface area contributed by atoms with Crippen LogP contribution in [-0.4, -0.2) is 26.1 Å². The van der Waals surface area contributed by atoms with Gasteiger partial charge in [-0.2, -0.15) is 0 Å². The molecule has 0 saturated carbocycles. The number of hydrogen-bond acceptors (Lipinski definition) is 4.